The first kappa shape index (κ1) is 14.5. The first-order valence-corrected chi connectivity index (χ1v) is 7.06. The van der Waals surface area contributed by atoms with Crippen molar-refractivity contribution in [3.8, 4) is 0 Å². The van der Waals surface area contributed by atoms with Crippen molar-refractivity contribution in [2.24, 2.45) is 11.8 Å². The molecule has 1 rings (SSSR count). The Morgan fingerprint density at radius 3 is 2.71 bits per heavy atom. The van der Waals surface area contributed by atoms with E-state index in [0.717, 1.165) is 19.5 Å². The van der Waals surface area contributed by atoms with E-state index in [2.05, 4.69) is 19.2 Å². The van der Waals surface area contributed by atoms with Gasteiger partial charge in [0.15, 0.2) is 0 Å². The highest BCUT2D eigenvalue weighted by atomic mass is 16.5. The molecule has 1 aliphatic heterocycles. The molecule has 1 N–H and O–H groups in total. The number of hydrogen-bond acceptors (Lipinski definition) is 3. The molecule has 0 aromatic rings. The van der Waals surface area contributed by atoms with Crippen LogP contribution in [0.3, 0.4) is 0 Å². The average molecular weight is 241 g/mol. The maximum Gasteiger partial charge on any atom is 0.310 e. The van der Waals surface area contributed by atoms with Crippen LogP contribution >= 0.6 is 0 Å². The van der Waals surface area contributed by atoms with Gasteiger partial charge in [0.2, 0.25) is 0 Å². The standard InChI is InChI=1S/C14H27NO2/c1-4-5-6-7-8-12(3)17-14(16)13-10-15-9-11(13)2/h11-13,15H,4-10H2,1-3H3/t11-,12?,13-/m1/s1. The largest absolute Gasteiger partial charge is 0.462 e. The third-order valence-electron chi connectivity index (χ3n) is 3.60. The number of ether oxygens (including phenoxy) is 1. The fraction of sp³-hybridized carbons (Fsp3) is 0.929. The van der Waals surface area contributed by atoms with Crippen LogP contribution in [0.5, 0.6) is 0 Å². The second kappa shape index (κ2) is 7.70. The van der Waals surface area contributed by atoms with E-state index in [1.807, 2.05) is 6.92 Å². The van der Waals surface area contributed by atoms with Crippen molar-refractivity contribution in [2.75, 3.05) is 13.1 Å². The highest BCUT2D eigenvalue weighted by molar-refractivity contribution is 5.73. The summed E-state index contributed by atoms with van der Waals surface area (Å²) < 4.78 is 5.51. The van der Waals surface area contributed by atoms with Crippen molar-refractivity contribution < 1.29 is 9.53 Å². The second-order valence-corrected chi connectivity index (χ2v) is 5.34. The van der Waals surface area contributed by atoms with E-state index in [0.29, 0.717) is 5.92 Å². The summed E-state index contributed by atoms with van der Waals surface area (Å²) in [7, 11) is 0. The maximum atomic E-state index is 11.9. The molecule has 0 amide bonds. The first-order chi connectivity index (χ1) is 8.15. The number of carbonyl (C=O) groups is 1. The van der Waals surface area contributed by atoms with E-state index in [1.54, 1.807) is 0 Å². The minimum absolute atomic E-state index is 0.00880. The minimum atomic E-state index is -0.00880. The summed E-state index contributed by atoms with van der Waals surface area (Å²) in [4.78, 5) is 11.9. The zero-order valence-corrected chi connectivity index (χ0v) is 11.5. The molecule has 0 radical (unpaired) electrons. The zero-order valence-electron chi connectivity index (χ0n) is 11.5. The molecule has 1 fully saturated rings. The molecule has 1 saturated heterocycles. The highest BCUT2D eigenvalue weighted by Gasteiger charge is 2.31. The van der Waals surface area contributed by atoms with Crippen LogP contribution in [0.2, 0.25) is 0 Å². The molecule has 3 atom stereocenters. The molecule has 0 spiro atoms. The van der Waals surface area contributed by atoms with Gasteiger partial charge in [0.1, 0.15) is 0 Å². The van der Waals surface area contributed by atoms with Gasteiger partial charge in [-0.3, -0.25) is 4.79 Å². The Kier molecular flexibility index (Phi) is 6.56. The number of carbonyl (C=O) groups excluding carboxylic acids is 1. The summed E-state index contributed by atoms with van der Waals surface area (Å²) in [5.41, 5.74) is 0. The lowest BCUT2D eigenvalue weighted by Gasteiger charge is -2.18. The van der Waals surface area contributed by atoms with Crippen LogP contribution < -0.4 is 5.32 Å². The van der Waals surface area contributed by atoms with Gasteiger partial charge < -0.3 is 10.1 Å². The Hall–Kier alpha value is -0.570. The molecule has 17 heavy (non-hydrogen) atoms. The predicted molar refractivity (Wildman–Crippen MR) is 69.8 cm³/mol. The Balaban J connectivity index is 2.16. The van der Waals surface area contributed by atoms with E-state index >= 15 is 0 Å². The lowest BCUT2D eigenvalue weighted by Crippen LogP contribution is -2.27. The topological polar surface area (TPSA) is 38.3 Å². The SMILES string of the molecule is CCCCCCC(C)OC(=O)[C@@H]1CNC[C@H]1C. The van der Waals surface area contributed by atoms with Crippen LogP contribution in [0.4, 0.5) is 0 Å². The summed E-state index contributed by atoms with van der Waals surface area (Å²) in [5.74, 6) is 0.466. The second-order valence-electron chi connectivity index (χ2n) is 5.34. The molecular weight excluding hydrogens is 214 g/mol. The monoisotopic (exact) mass is 241 g/mol. The molecular formula is C14H27NO2. The quantitative estimate of drug-likeness (QED) is 0.550. The Labute approximate surface area is 105 Å². The van der Waals surface area contributed by atoms with Gasteiger partial charge >= 0.3 is 5.97 Å². The van der Waals surface area contributed by atoms with Gasteiger partial charge in [-0.2, -0.15) is 0 Å². The molecule has 1 aliphatic rings. The van der Waals surface area contributed by atoms with E-state index in [9.17, 15) is 4.79 Å². The van der Waals surface area contributed by atoms with Crippen LogP contribution in [0.15, 0.2) is 0 Å². The summed E-state index contributed by atoms with van der Waals surface area (Å²) in [6.07, 6.45) is 6.02. The molecule has 1 heterocycles. The number of nitrogens with one attached hydrogen (secondary N) is 1. The van der Waals surface area contributed by atoms with Crippen molar-refractivity contribution in [1.29, 1.82) is 0 Å². The molecule has 3 heteroatoms. The summed E-state index contributed by atoms with van der Waals surface area (Å²) in [6, 6.07) is 0. The molecule has 0 saturated carbocycles. The van der Waals surface area contributed by atoms with Crippen LogP contribution in [0.25, 0.3) is 0 Å². The van der Waals surface area contributed by atoms with Crippen LogP contribution in [-0.4, -0.2) is 25.2 Å². The average Bonchev–Trinajstić information content (AvgIpc) is 2.71. The van der Waals surface area contributed by atoms with Crippen LogP contribution in [-0.2, 0) is 9.53 Å². The normalized spacial score (nSPS) is 25.8. The van der Waals surface area contributed by atoms with Crippen LogP contribution in [0, 0.1) is 11.8 Å². The minimum Gasteiger partial charge on any atom is -0.462 e. The summed E-state index contributed by atoms with van der Waals surface area (Å²) in [5, 5.41) is 3.24. The Bertz CT molecular complexity index is 230. The van der Waals surface area contributed by atoms with Gasteiger partial charge in [-0.15, -0.1) is 0 Å². The molecule has 3 nitrogen and oxygen atoms in total. The number of rotatable bonds is 7. The number of esters is 1. The lowest BCUT2D eigenvalue weighted by molar-refractivity contribution is -0.154. The highest BCUT2D eigenvalue weighted by Crippen LogP contribution is 2.19. The molecule has 1 unspecified atom stereocenters. The van der Waals surface area contributed by atoms with Crippen molar-refractivity contribution in [3.05, 3.63) is 0 Å². The summed E-state index contributed by atoms with van der Waals surface area (Å²) >= 11 is 0. The van der Waals surface area contributed by atoms with Crippen molar-refractivity contribution in [3.63, 3.8) is 0 Å². The van der Waals surface area contributed by atoms with Crippen molar-refractivity contribution >= 4 is 5.97 Å². The fourth-order valence-electron chi connectivity index (χ4n) is 2.33. The number of unbranched alkanes of at least 4 members (excludes halogenated alkanes) is 3. The van der Waals surface area contributed by atoms with Gasteiger partial charge in [-0.05, 0) is 32.2 Å². The van der Waals surface area contributed by atoms with Crippen molar-refractivity contribution in [2.45, 2.75) is 59.0 Å². The van der Waals surface area contributed by atoms with E-state index in [1.165, 1.54) is 25.7 Å². The third-order valence-corrected chi connectivity index (χ3v) is 3.60. The van der Waals surface area contributed by atoms with E-state index in [4.69, 9.17) is 4.74 Å². The third kappa shape index (κ3) is 5.07. The van der Waals surface area contributed by atoms with Crippen LogP contribution in [0.1, 0.15) is 52.9 Å². The van der Waals surface area contributed by atoms with Gasteiger partial charge in [0, 0.05) is 6.54 Å². The van der Waals surface area contributed by atoms with Crippen molar-refractivity contribution in [1.82, 2.24) is 5.32 Å². The molecule has 0 aromatic heterocycles. The molecule has 0 aliphatic carbocycles. The summed E-state index contributed by atoms with van der Waals surface area (Å²) in [6.45, 7) is 8.04. The molecule has 0 aromatic carbocycles. The zero-order chi connectivity index (χ0) is 12.7. The number of hydrogen-bond donors (Lipinski definition) is 1. The lowest BCUT2D eigenvalue weighted by atomic mass is 9.98. The smallest absolute Gasteiger partial charge is 0.310 e. The van der Waals surface area contributed by atoms with Gasteiger partial charge in [-0.25, -0.2) is 0 Å². The Morgan fingerprint density at radius 1 is 1.35 bits per heavy atom. The van der Waals surface area contributed by atoms with E-state index < -0.39 is 0 Å². The predicted octanol–water partition coefficient (Wildman–Crippen LogP) is 2.74. The van der Waals surface area contributed by atoms with Gasteiger partial charge in [-0.1, -0.05) is 33.1 Å². The first-order valence-electron chi connectivity index (χ1n) is 7.06. The fourth-order valence-corrected chi connectivity index (χ4v) is 2.33. The maximum absolute atomic E-state index is 11.9. The molecule has 100 valence electrons. The van der Waals surface area contributed by atoms with E-state index in [-0.39, 0.29) is 18.0 Å². The van der Waals surface area contributed by atoms with Gasteiger partial charge in [0.05, 0.1) is 12.0 Å². The molecule has 0 bridgehead atoms. The Morgan fingerprint density at radius 2 is 2.12 bits per heavy atom. The van der Waals surface area contributed by atoms with Gasteiger partial charge in [0.25, 0.3) is 0 Å².